The molecule has 0 bridgehead atoms. The van der Waals surface area contributed by atoms with Gasteiger partial charge < -0.3 is 19.1 Å². The lowest BCUT2D eigenvalue weighted by Crippen LogP contribution is -2.31. The molecule has 0 radical (unpaired) electrons. The van der Waals surface area contributed by atoms with Crippen molar-refractivity contribution in [2.45, 2.75) is 25.9 Å². The van der Waals surface area contributed by atoms with Gasteiger partial charge in [0, 0.05) is 38.0 Å². The first kappa shape index (κ1) is 22.3. The Balaban J connectivity index is 1.50. The average molecular weight is 453 g/mol. The number of nitrogens with zero attached hydrogens (tertiary/aromatic N) is 2. The summed E-state index contributed by atoms with van der Waals surface area (Å²) in [5.74, 6) is 1.87. The second-order valence-electron chi connectivity index (χ2n) is 7.95. The molecule has 1 aromatic carbocycles. The van der Waals surface area contributed by atoms with Crippen molar-refractivity contribution in [1.82, 2.24) is 9.88 Å². The van der Waals surface area contributed by atoms with Gasteiger partial charge >= 0.3 is 0 Å². The molecule has 168 valence electrons. The summed E-state index contributed by atoms with van der Waals surface area (Å²) in [6, 6.07) is 11.7. The van der Waals surface area contributed by atoms with E-state index in [4.69, 9.17) is 14.2 Å². The SMILES string of the molecule is COc1ccc(CN(Cc2cccnc2)C(=O)Cc2ccsc2)cc1OC[C@@H]1CCOC1. The van der Waals surface area contributed by atoms with E-state index in [0.29, 0.717) is 43.5 Å². The molecule has 0 spiro atoms. The van der Waals surface area contributed by atoms with Crippen molar-refractivity contribution < 1.29 is 19.0 Å². The van der Waals surface area contributed by atoms with E-state index < -0.39 is 0 Å². The predicted octanol–water partition coefficient (Wildman–Crippen LogP) is 4.34. The van der Waals surface area contributed by atoms with Crippen LogP contribution in [0.2, 0.25) is 0 Å². The number of methoxy groups -OCH3 is 1. The fourth-order valence-electron chi connectivity index (χ4n) is 3.70. The van der Waals surface area contributed by atoms with Crippen LogP contribution in [-0.4, -0.2) is 42.7 Å². The molecule has 7 heteroatoms. The number of amides is 1. The minimum absolute atomic E-state index is 0.0774. The highest BCUT2D eigenvalue weighted by Gasteiger charge is 2.19. The van der Waals surface area contributed by atoms with Crippen LogP contribution in [0.15, 0.2) is 59.6 Å². The highest BCUT2D eigenvalue weighted by Crippen LogP contribution is 2.30. The van der Waals surface area contributed by atoms with Crippen molar-refractivity contribution in [3.8, 4) is 11.5 Å². The molecule has 2 aromatic heterocycles. The largest absolute Gasteiger partial charge is 0.493 e. The van der Waals surface area contributed by atoms with Crippen molar-refractivity contribution in [1.29, 1.82) is 0 Å². The Labute approximate surface area is 192 Å². The smallest absolute Gasteiger partial charge is 0.227 e. The topological polar surface area (TPSA) is 60.9 Å². The summed E-state index contributed by atoms with van der Waals surface area (Å²) in [6.07, 6.45) is 4.93. The van der Waals surface area contributed by atoms with Crippen molar-refractivity contribution >= 4 is 17.2 Å². The zero-order valence-electron chi connectivity index (χ0n) is 18.2. The molecule has 4 rings (SSSR count). The van der Waals surface area contributed by atoms with Crippen molar-refractivity contribution in [2.75, 3.05) is 26.9 Å². The number of aromatic nitrogens is 1. The first-order chi connectivity index (χ1) is 15.7. The average Bonchev–Trinajstić information content (AvgIpc) is 3.52. The second-order valence-corrected chi connectivity index (χ2v) is 8.73. The number of hydrogen-bond donors (Lipinski definition) is 0. The third-order valence-electron chi connectivity index (χ3n) is 5.48. The first-order valence-corrected chi connectivity index (χ1v) is 11.7. The third-order valence-corrected chi connectivity index (χ3v) is 6.22. The summed E-state index contributed by atoms with van der Waals surface area (Å²) < 4.78 is 17.0. The summed E-state index contributed by atoms with van der Waals surface area (Å²) in [5.41, 5.74) is 3.03. The molecule has 0 N–H and O–H groups in total. The Bertz CT molecular complexity index is 988. The molecule has 1 atom stereocenters. The van der Waals surface area contributed by atoms with Crippen LogP contribution in [0.5, 0.6) is 11.5 Å². The van der Waals surface area contributed by atoms with E-state index in [9.17, 15) is 4.79 Å². The Morgan fingerprint density at radius 3 is 2.81 bits per heavy atom. The van der Waals surface area contributed by atoms with E-state index in [2.05, 4.69) is 4.98 Å². The van der Waals surface area contributed by atoms with Crippen LogP contribution in [0.3, 0.4) is 0 Å². The molecule has 32 heavy (non-hydrogen) atoms. The minimum atomic E-state index is 0.0774. The maximum atomic E-state index is 13.2. The lowest BCUT2D eigenvalue weighted by Gasteiger charge is -2.24. The highest BCUT2D eigenvalue weighted by atomic mass is 32.1. The second kappa shape index (κ2) is 11.1. The lowest BCUT2D eigenvalue weighted by molar-refractivity contribution is -0.131. The predicted molar refractivity (Wildman–Crippen MR) is 124 cm³/mol. The van der Waals surface area contributed by atoms with E-state index in [0.717, 1.165) is 36.3 Å². The molecule has 0 unspecified atom stereocenters. The van der Waals surface area contributed by atoms with Crippen molar-refractivity contribution in [3.63, 3.8) is 0 Å². The van der Waals surface area contributed by atoms with Crippen LogP contribution >= 0.6 is 11.3 Å². The Morgan fingerprint density at radius 1 is 1.19 bits per heavy atom. The summed E-state index contributed by atoms with van der Waals surface area (Å²) in [5, 5.41) is 4.02. The van der Waals surface area contributed by atoms with Crippen LogP contribution in [0.25, 0.3) is 0 Å². The summed E-state index contributed by atoms with van der Waals surface area (Å²) in [4.78, 5) is 19.2. The number of hydrogen-bond acceptors (Lipinski definition) is 6. The molecule has 1 fully saturated rings. The molecular formula is C25H28N2O4S. The van der Waals surface area contributed by atoms with Gasteiger partial charge in [0.05, 0.1) is 26.7 Å². The van der Waals surface area contributed by atoms with Crippen molar-refractivity contribution in [3.05, 3.63) is 76.2 Å². The zero-order chi connectivity index (χ0) is 22.2. The molecular weight excluding hydrogens is 424 g/mol. The summed E-state index contributed by atoms with van der Waals surface area (Å²) >= 11 is 1.60. The van der Waals surface area contributed by atoms with Crippen LogP contribution in [0, 0.1) is 5.92 Å². The quantitative estimate of drug-likeness (QED) is 0.458. The fraction of sp³-hybridized carbons (Fsp3) is 0.360. The van der Waals surface area contributed by atoms with E-state index in [1.807, 2.05) is 52.1 Å². The number of pyridine rings is 1. The first-order valence-electron chi connectivity index (χ1n) is 10.8. The highest BCUT2D eigenvalue weighted by molar-refractivity contribution is 7.08. The van der Waals surface area contributed by atoms with Gasteiger partial charge in [-0.15, -0.1) is 0 Å². The van der Waals surface area contributed by atoms with Crippen molar-refractivity contribution in [2.24, 2.45) is 5.92 Å². The number of rotatable bonds is 10. The molecule has 1 saturated heterocycles. The minimum Gasteiger partial charge on any atom is -0.493 e. The Kier molecular flexibility index (Phi) is 7.74. The van der Waals surface area contributed by atoms with Crippen LogP contribution in [0.4, 0.5) is 0 Å². The molecule has 3 heterocycles. The number of thiophene rings is 1. The van der Waals surface area contributed by atoms with Crippen LogP contribution < -0.4 is 9.47 Å². The Hall–Kier alpha value is -2.90. The molecule has 0 saturated carbocycles. The van der Waals surface area contributed by atoms with E-state index in [1.54, 1.807) is 30.8 Å². The maximum Gasteiger partial charge on any atom is 0.227 e. The van der Waals surface area contributed by atoms with Gasteiger partial charge in [0.25, 0.3) is 0 Å². The molecule has 6 nitrogen and oxygen atoms in total. The number of carbonyl (C=O) groups excluding carboxylic acids is 1. The van der Waals surface area contributed by atoms with Gasteiger partial charge in [0.15, 0.2) is 11.5 Å². The fourth-order valence-corrected chi connectivity index (χ4v) is 4.37. The van der Waals surface area contributed by atoms with Gasteiger partial charge in [0.1, 0.15) is 0 Å². The summed E-state index contributed by atoms with van der Waals surface area (Å²) in [7, 11) is 1.64. The van der Waals surface area contributed by atoms with Gasteiger partial charge in [-0.25, -0.2) is 0 Å². The maximum absolute atomic E-state index is 13.2. The number of carbonyl (C=O) groups is 1. The van der Waals surface area contributed by atoms with E-state index >= 15 is 0 Å². The normalized spacial score (nSPS) is 15.5. The molecule has 0 aliphatic carbocycles. The van der Waals surface area contributed by atoms with Gasteiger partial charge in [-0.05, 0) is 58.1 Å². The lowest BCUT2D eigenvalue weighted by atomic mass is 10.1. The van der Waals surface area contributed by atoms with E-state index in [-0.39, 0.29) is 5.91 Å². The molecule has 1 amide bonds. The monoisotopic (exact) mass is 452 g/mol. The van der Waals surface area contributed by atoms with Gasteiger partial charge in [0.2, 0.25) is 5.91 Å². The molecule has 1 aliphatic rings. The number of benzene rings is 1. The molecule has 3 aromatic rings. The standard InChI is InChI=1S/C25H28N2O4S/c1-29-23-5-4-19(11-24(23)31-17-22-6-9-30-16-22)14-27(15-21-3-2-8-26-13-21)25(28)12-20-7-10-32-18-20/h2-5,7-8,10-11,13,18,22H,6,9,12,14-17H2,1H3/t22-/m1/s1. The van der Waals surface area contributed by atoms with Crippen LogP contribution in [0.1, 0.15) is 23.1 Å². The van der Waals surface area contributed by atoms with Gasteiger partial charge in [-0.2, -0.15) is 11.3 Å². The van der Waals surface area contributed by atoms with Gasteiger partial charge in [-0.1, -0.05) is 12.1 Å². The zero-order valence-corrected chi connectivity index (χ0v) is 19.1. The van der Waals surface area contributed by atoms with Gasteiger partial charge in [-0.3, -0.25) is 9.78 Å². The van der Waals surface area contributed by atoms with Crippen LogP contribution in [-0.2, 0) is 29.0 Å². The number of ether oxygens (including phenoxy) is 3. The molecule has 1 aliphatic heterocycles. The van der Waals surface area contributed by atoms with E-state index in [1.165, 1.54) is 0 Å². The summed E-state index contributed by atoms with van der Waals surface area (Å²) in [6.45, 7) is 3.10. The Morgan fingerprint density at radius 2 is 2.09 bits per heavy atom. The third kappa shape index (κ3) is 6.08.